The summed E-state index contributed by atoms with van der Waals surface area (Å²) in [4.78, 5) is 44.4. The predicted molar refractivity (Wildman–Crippen MR) is 150 cm³/mol. The average molecular weight is 550 g/mol. The highest BCUT2D eigenvalue weighted by molar-refractivity contribution is 6.06. The van der Waals surface area contributed by atoms with E-state index in [1.807, 2.05) is 24.3 Å². The number of carbonyl (C=O) groups excluding carboxylic acids is 2. The summed E-state index contributed by atoms with van der Waals surface area (Å²) in [7, 11) is 0. The number of carbonyl (C=O) groups is 2. The van der Waals surface area contributed by atoms with Gasteiger partial charge in [0.05, 0.1) is 28.9 Å². The number of nitrogens with one attached hydrogen (secondary N) is 2. The number of benzene rings is 1. The maximum Gasteiger partial charge on any atom is 0.253 e. The fourth-order valence-corrected chi connectivity index (χ4v) is 6.86. The number of aliphatic hydroxyl groups is 1. The molecule has 1 aliphatic carbocycles. The molecule has 7 rings (SSSR count). The summed E-state index contributed by atoms with van der Waals surface area (Å²) in [6.45, 7) is 5.64. The third-order valence-electron chi connectivity index (χ3n) is 8.95. The van der Waals surface area contributed by atoms with Gasteiger partial charge in [0.25, 0.3) is 5.91 Å². The Kier molecular flexibility index (Phi) is 5.62. The van der Waals surface area contributed by atoms with Crippen molar-refractivity contribution < 1.29 is 14.7 Å². The zero-order valence-electron chi connectivity index (χ0n) is 23.1. The molecule has 3 N–H and O–H groups in total. The summed E-state index contributed by atoms with van der Waals surface area (Å²) in [5.74, 6) is 0.991. The van der Waals surface area contributed by atoms with E-state index in [0.29, 0.717) is 36.3 Å². The predicted octanol–water partition coefficient (Wildman–Crippen LogP) is 3.50. The molecule has 10 heteroatoms. The number of amides is 2. The number of rotatable bonds is 4. The Morgan fingerprint density at radius 3 is 2.71 bits per heavy atom. The van der Waals surface area contributed by atoms with E-state index in [9.17, 15) is 14.7 Å². The number of imidazole rings is 1. The molecule has 0 bridgehead atoms. The molecule has 0 saturated carbocycles. The number of nitrogens with zero attached hydrogens (tertiary/aromatic N) is 5. The first-order valence-corrected chi connectivity index (χ1v) is 13.9. The van der Waals surface area contributed by atoms with Crippen LogP contribution in [-0.2, 0) is 28.7 Å². The monoisotopic (exact) mass is 549 g/mol. The molecule has 2 amide bonds. The highest BCUT2D eigenvalue weighted by Gasteiger charge is 2.52. The minimum atomic E-state index is -1.09. The normalized spacial score (nSPS) is 24.5. The van der Waals surface area contributed by atoms with Crippen molar-refractivity contribution in [2.75, 3.05) is 5.32 Å². The molecule has 5 heterocycles. The lowest BCUT2D eigenvalue weighted by molar-refractivity contribution is -0.120. The smallest absolute Gasteiger partial charge is 0.253 e. The Morgan fingerprint density at radius 2 is 1.93 bits per heavy atom. The highest BCUT2D eigenvalue weighted by atomic mass is 16.3. The van der Waals surface area contributed by atoms with Gasteiger partial charge in [-0.3, -0.25) is 14.6 Å². The van der Waals surface area contributed by atoms with Crippen LogP contribution in [0.3, 0.4) is 0 Å². The summed E-state index contributed by atoms with van der Waals surface area (Å²) in [6, 6.07) is 11.8. The van der Waals surface area contributed by atoms with Crippen LogP contribution in [0.1, 0.15) is 89.5 Å². The first kappa shape index (κ1) is 25.5. The van der Waals surface area contributed by atoms with Crippen LogP contribution in [0.5, 0.6) is 0 Å². The summed E-state index contributed by atoms with van der Waals surface area (Å²) in [5, 5.41) is 17.0. The Bertz CT molecular complexity index is 1690. The molecule has 41 heavy (non-hydrogen) atoms. The molecule has 1 spiro atoms. The van der Waals surface area contributed by atoms with Crippen LogP contribution in [0.25, 0.3) is 0 Å². The first-order valence-electron chi connectivity index (χ1n) is 13.9. The van der Waals surface area contributed by atoms with Crippen molar-refractivity contribution in [3.63, 3.8) is 0 Å². The van der Waals surface area contributed by atoms with Crippen molar-refractivity contribution in [2.45, 2.75) is 69.1 Å². The standard InChI is InChI=1S/C31H31N7O3/c1-17-21(18-7-5-4-6-8-18)10-23(27-34-15-25(38(17)27)30(2,3)41)36-28(39)20-9-19-11-31(12-24(19)33-13-20)22-14-32-16-35-26(22)37-29(31)40/h4-9,13-17,21,23,41H,10-12H2,1-3H3,(H,36,39)(H,32,35,37,40)/t17-,21-,23+,31+/m1/s1. The maximum atomic E-state index is 13.7. The van der Waals surface area contributed by atoms with Gasteiger partial charge in [0, 0.05) is 42.0 Å². The van der Waals surface area contributed by atoms with Crippen molar-refractivity contribution >= 4 is 17.6 Å². The van der Waals surface area contributed by atoms with E-state index in [1.54, 1.807) is 32.4 Å². The van der Waals surface area contributed by atoms with Crippen molar-refractivity contribution in [3.8, 4) is 0 Å². The molecule has 0 radical (unpaired) electrons. The van der Waals surface area contributed by atoms with E-state index in [0.717, 1.165) is 22.6 Å². The van der Waals surface area contributed by atoms with E-state index < -0.39 is 11.0 Å². The van der Waals surface area contributed by atoms with Gasteiger partial charge in [-0.25, -0.2) is 15.0 Å². The second-order valence-electron chi connectivity index (χ2n) is 12.0. The Balaban J connectivity index is 1.19. The third kappa shape index (κ3) is 3.96. The Labute approximate surface area is 237 Å². The molecule has 3 aliphatic rings. The zero-order valence-corrected chi connectivity index (χ0v) is 23.1. The lowest BCUT2D eigenvalue weighted by Gasteiger charge is -2.38. The molecule has 2 aliphatic heterocycles. The minimum Gasteiger partial charge on any atom is -0.384 e. The van der Waals surface area contributed by atoms with Gasteiger partial charge >= 0.3 is 0 Å². The maximum absolute atomic E-state index is 13.7. The third-order valence-corrected chi connectivity index (χ3v) is 8.95. The topological polar surface area (TPSA) is 135 Å². The number of pyridine rings is 1. The highest BCUT2D eigenvalue weighted by Crippen LogP contribution is 2.46. The van der Waals surface area contributed by atoms with Crippen molar-refractivity contribution in [1.29, 1.82) is 0 Å². The lowest BCUT2D eigenvalue weighted by Crippen LogP contribution is -2.38. The number of hydrogen-bond acceptors (Lipinski definition) is 7. The number of fused-ring (bicyclic) bond motifs is 4. The van der Waals surface area contributed by atoms with Crippen LogP contribution in [0.2, 0.25) is 0 Å². The van der Waals surface area contributed by atoms with E-state index in [4.69, 9.17) is 0 Å². The molecule has 0 saturated heterocycles. The lowest BCUT2D eigenvalue weighted by atomic mass is 9.80. The van der Waals surface area contributed by atoms with Crippen molar-refractivity contribution in [3.05, 3.63) is 101 Å². The van der Waals surface area contributed by atoms with Gasteiger partial charge in [-0.2, -0.15) is 0 Å². The Hall–Kier alpha value is -4.44. The molecule has 10 nitrogen and oxygen atoms in total. The van der Waals surface area contributed by atoms with Gasteiger partial charge < -0.3 is 20.3 Å². The van der Waals surface area contributed by atoms with Crippen LogP contribution in [-0.4, -0.2) is 41.4 Å². The zero-order chi connectivity index (χ0) is 28.5. The average Bonchev–Trinajstić information content (AvgIpc) is 3.65. The van der Waals surface area contributed by atoms with E-state index in [2.05, 4.69) is 54.2 Å². The van der Waals surface area contributed by atoms with E-state index >= 15 is 0 Å². The molecule has 4 aromatic rings. The van der Waals surface area contributed by atoms with Gasteiger partial charge in [-0.1, -0.05) is 30.3 Å². The number of anilines is 1. The molecular formula is C31H31N7O3. The quantitative estimate of drug-likeness (QED) is 0.355. The van der Waals surface area contributed by atoms with Crippen LogP contribution < -0.4 is 10.6 Å². The molecule has 1 aromatic carbocycles. The van der Waals surface area contributed by atoms with Crippen LogP contribution in [0.4, 0.5) is 5.82 Å². The summed E-state index contributed by atoms with van der Waals surface area (Å²) in [5.41, 5.74) is 2.85. The van der Waals surface area contributed by atoms with Gasteiger partial charge in [0.15, 0.2) is 0 Å². The number of hydrogen-bond donors (Lipinski definition) is 3. The minimum absolute atomic E-state index is 0.0340. The molecular weight excluding hydrogens is 518 g/mol. The van der Waals surface area contributed by atoms with Crippen LogP contribution >= 0.6 is 0 Å². The Morgan fingerprint density at radius 1 is 1.12 bits per heavy atom. The summed E-state index contributed by atoms with van der Waals surface area (Å²) >= 11 is 0. The van der Waals surface area contributed by atoms with Crippen molar-refractivity contribution in [2.24, 2.45) is 0 Å². The molecule has 4 atom stereocenters. The largest absolute Gasteiger partial charge is 0.384 e. The summed E-state index contributed by atoms with van der Waals surface area (Å²) < 4.78 is 2.08. The molecule has 3 aromatic heterocycles. The fourth-order valence-electron chi connectivity index (χ4n) is 6.86. The van der Waals surface area contributed by atoms with Gasteiger partial charge in [0.1, 0.15) is 23.6 Å². The van der Waals surface area contributed by atoms with Crippen LogP contribution in [0.15, 0.2) is 61.3 Å². The van der Waals surface area contributed by atoms with Gasteiger partial charge in [-0.15, -0.1) is 0 Å². The van der Waals surface area contributed by atoms with Crippen molar-refractivity contribution in [1.82, 2.24) is 29.8 Å². The second kappa shape index (κ2) is 9.04. The van der Waals surface area contributed by atoms with Gasteiger partial charge in [-0.05, 0) is 50.8 Å². The fraction of sp³-hybridized carbons (Fsp3) is 0.355. The SMILES string of the molecule is C[C@@H]1[C@H](c2ccccc2)C[C@H](NC(=O)c2cnc3c(c2)C[C@@]2(C3)C(=O)Nc3ncncc32)c2ncc(C(C)(C)O)n21. The van der Waals surface area contributed by atoms with Crippen LogP contribution in [0, 0.1) is 0 Å². The number of aromatic nitrogens is 5. The first-order chi connectivity index (χ1) is 19.7. The summed E-state index contributed by atoms with van der Waals surface area (Å²) in [6.07, 6.45) is 7.94. The van der Waals surface area contributed by atoms with E-state index in [1.165, 1.54) is 11.9 Å². The van der Waals surface area contributed by atoms with Gasteiger partial charge in [0.2, 0.25) is 5.91 Å². The molecule has 208 valence electrons. The second-order valence-corrected chi connectivity index (χ2v) is 12.0. The molecule has 0 fully saturated rings. The molecule has 0 unspecified atom stereocenters. The van der Waals surface area contributed by atoms with E-state index in [-0.39, 0.29) is 29.8 Å².